The van der Waals surface area contributed by atoms with Crippen LogP contribution in [0.15, 0.2) is 42.5 Å². The van der Waals surface area contributed by atoms with Gasteiger partial charge in [-0.05, 0) is 24.3 Å². The third-order valence-corrected chi connectivity index (χ3v) is 3.49. The first-order chi connectivity index (χ1) is 11.8. The number of amides is 2. The molecule has 0 bridgehead atoms. The van der Waals surface area contributed by atoms with Gasteiger partial charge < -0.3 is 15.4 Å². The van der Waals surface area contributed by atoms with Gasteiger partial charge in [-0.1, -0.05) is 29.8 Å². The van der Waals surface area contributed by atoms with E-state index in [1.807, 2.05) is 0 Å². The molecular weight excluding hydrogens is 344 g/mol. The van der Waals surface area contributed by atoms with Crippen LogP contribution in [0.5, 0.6) is 0 Å². The number of nitrogens with one attached hydrogen (secondary N) is 2. The van der Waals surface area contributed by atoms with Crippen molar-refractivity contribution in [2.24, 2.45) is 0 Å². The fourth-order valence-corrected chi connectivity index (χ4v) is 2.33. The summed E-state index contributed by atoms with van der Waals surface area (Å²) in [5.74, 6) is -1.19. The molecule has 0 aromatic heterocycles. The van der Waals surface area contributed by atoms with Crippen LogP contribution in [-0.2, 0) is 20.9 Å². The van der Waals surface area contributed by atoms with Crippen LogP contribution >= 0.6 is 11.6 Å². The summed E-state index contributed by atoms with van der Waals surface area (Å²) in [5.41, 5.74) is 1.63. The first-order valence-corrected chi connectivity index (χ1v) is 7.84. The largest absolute Gasteiger partial charge is 0.457 e. The molecule has 0 saturated heterocycles. The minimum atomic E-state index is -0.598. The van der Waals surface area contributed by atoms with E-state index in [0.717, 1.165) is 0 Å². The van der Waals surface area contributed by atoms with E-state index < -0.39 is 5.97 Å². The molecule has 0 fully saturated rings. The summed E-state index contributed by atoms with van der Waals surface area (Å²) in [6, 6.07) is 11.5. The summed E-state index contributed by atoms with van der Waals surface area (Å²) in [7, 11) is 0. The molecule has 0 unspecified atom stereocenters. The van der Waals surface area contributed by atoms with Crippen molar-refractivity contribution in [2.75, 3.05) is 10.6 Å². The lowest BCUT2D eigenvalue weighted by Gasteiger charge is -2.11. The van der Waals surface area contributed by atoms with Crippen LogP contribution in [0.1, 0.15) is 29.8 Å². The Kier molecular flexibility index (Phi) is 6.14. The molecule has 0 radical (unpaired) electrons. The quantitative estimate of drug-likeness (QED) is 0.797. The molecule has 25 heavy (non-hydrogen) atoms. The molecule has 130 valence electrons. The Morgan fingerprint density at radius 1 is 0.960 bits per heavy atom. The molecule has 0 atom stereocenters. The zero-order chi connectivity index (χ0) is 18.4. The standard InChI is InChI=1S/C18H17ClN2O4/c1-11(22)20-15-7-14(8-16(9-15)21-12(2)23)18(24)25-10-13-5-3-4-6-17(13)19/h3-9H,10H2,1-2H3,(H,20,22)(H,21,23). The van der Waals surface area contributed by atoms with Crippen LogP contribution in [-0.4, -0.2) is 17.8 Å². The normalized spacial score (nSPS) is 10.0. The van der Waals surface area contributed by atoms with E-state index in [4.69, 9.17) is 16.3 Å². The number of anilines is 2. The maximum absolute atomic E-state index is 12.3. The van der Waals surface area contributed by atoms with Gasteiger partial charge in [0.1, 0.15) is 6.61 Å². The van der Waals surface area contributed by atoms with Gasteiger partial charge in [-0.25, -0.2) is 4.79 Å². The van der Waals surface area contributed by atoms with Gasteiger partial charge in [-0.3, -0.25) is 9.59 Å². The van der Waals surface area contributed by atoms with Crippen LogP contribution in [0, 0.1) is 0 Å². The second-order valence-electron chi connectivity index (χ2n) is 5.33. The smallest absolute Gasteiger partial charge is 0.338 e. The Bertz CT molecular complexity index is 786. The molecule has 0 aliphatic rings. The van der Waals surface area contributed by atoms with E-state index in [9.17, 15) is 14.4 Å². The maximum atomic E-state index is 12.3. The maximum Gasteiger partial charge on any atom is 0.338 e. The van der Waals surface area contributed by atoms with Gasteiger partial charge in [0.15, 0.2) is 0 Å². The van der Waals surface area contributed by atoms with Gasteiger partial charge in [0, 0.05) is 35.8 Å². The average molecular weight is 361 g/mol. The molecule has 2 amide bonds. The minimum absolute atomic E-state index is 0.0122. The van der Waals surface area contributed by atoms with E-state index in [1.165, 1.54) is 26.0 Å². The van der Waals surface area contributed by atoms with Crippen molar-refractivity contribution in [3.63, 3.8) is 0 Å². The number of carbonyl (C=O) groups excluding carboxylic acids is 3. The van der Waals surface area contributed by atoms with Gasteiger partial charge in [0.2, 0.25) is 11.8 Å². The van der Waals surface area contributed by atoms with Crippen LogP contribution in [0.2, 0.25) is 5.02 Å². The summed E-state index contributed by atoms with van der Waals surface area (Å²) in [6.45, 7) is 2.71. The monoisotopic (exact) mass is 360 g/mol. The lowest BCUT2D eigenvalue weighted by atomic mass is 10.1. The zero-order valence-corrected chi connectivity index (χ0v) is 14.5. The van der Waals surface area contributed by atoms with E-state index in [1.54, 1.807) is 30.3 Å². The summed E-state index contributed by atoms with van der Waals surface area (Å²) in [5, 5.41) is 5.66. The van der Waals surface area contributed by atoms with Crippen molar-refractivity contribution in [1.82, 2.24) is 0 Å². The predicted octanol–water partition coefficient (Wildman–Crippen LogP) is 3.61. The van der Waals surface area contributed by atoms with E-state index in [2.05, 4.69) is 10.6 Å². The topological polar surface area (TPSA) is 84.5 Å². The summed E-state index contributed by atoms with van der Waals surface area (Å²) < 4.78 is 5.27. The third-order valence-electron chi connectivity index (χ3n) is 3.13. The first-order valence-electron chi connectivity index (χ1n) is 7.46. The van der Waals surface area contributed by atoms with Crippen molar-refractivity contribution in [2.45, 2.75) is 20.5 Å². The second kappa shape index (κ2) is 8.30. The Labute approximate surface area is 150 Å². The molecule has 6 nitrogen and oxygen atoms in total. The van der Waals surface area contributed by atoms with E-state index in [-0.39, 0.29) is 24.0 Å². The fourth-order valence-electron chi connectivity index (χ4n) is 2.14. The highest BCUT2D eigenvalue weighted by Crippen LogP contribution is 2.21. The van der Waals surface area contributed by atoms with Crippen LogP contribution in [0.4, 0.5) is 11.4 Å². The van der Waals surface area contributed by atoms with Gasteiger partial charge in [0.25, 0.3) is 0 Å². The lowest BCUT2D eigenvalue weighted by Crippen LogP contribution is -2.12. The van der Waals surface area contributed by atoms with E-state index >= 15 is 0 Å². The molecule has 7 heteroatoms. The summed E-state index contributed by atoms with van der Waals surface area (Å²) in [4.78, 5) is 34.8. The molecule has 0 saturated carbocycles. The van der Waals surface area contributed by atoms with Gasteiger partial charge in [-0.2, -0.15) is 0 Å². The highest BCUT2D eigenvalue weighted by molar-refractivity contribution is 6.31. The van der Waals surface area contributed by atoms with Crippen molar-refractivity contribution < 1.29 is 19.1 Å². The molecule has 0 spiro atoms. The van der Waals surface area contributed by atoms with Crippen molar-refractivity contribution >= 4 is 40.8 Å². The van der Waals surface area contributed by atoms with E-state index in [0.29, 0.717) is 22.0 Å². The number of carbonyl (C=O) groups is 3. The molecular formula is C18H17ClN2O4. The number of halogens is 1. The van der Waals surface area contributed by atoms with Crippen LogP contribution in [0.25, 0.3) is 0 Å². The number of benzene rings is 2. The summed E-state index contributed by atoms with van der Waals surface area (Å²) in [6.07, 6.45) is 0. The SMILES string of the molecule is CC(=O)Nc1cc(NC(C)=O)cc(C(=O)OCc2ccccc2Cl)c1. The number of ether oxygens (including phenoxy) is 1. The van der Waals surface area contributed by atoms with Gasteiger partial charge in [0.05, 0.1) is 5.56 Å². The van der Waals surface area contributed by atoms with Crippen LogP contribution < -0.4 is 10.6 Å². The molecule has 0 aliphatic heterocycles. The van der Waals surface area contributed by atoms with Crippen molar-refractivity contribution in [3.8, 4) is 0 Å². The summed E-state index contributed by atoms with van der Waals surface area (Å²) >= 11 is 6.03. The molecule has 0 heterocycles. The fraction of sp³-hybridized carbons (Fsp3) is 0.167. The predicted molar refractivity (Wildman–Crippen MR) is 95.6 cm³/mol. The van der Waals surface area contributed by atoms with Crippen LogP contribution in [0.3, 0.4) is 0 Å². The second-order valence-corrected chi connectivity index (χ2v) is 5.74. The Balaban J connectivity index is 2.20. The van der Waals surface area contributed by atoms with Gasteiger partial charge >= 0.3 is 5.97 Å². The molecule has 2 aromatic rings. The van der Waals surface area contributed by atoms with Gasteiger partial charge in [-0.15, -0.1) is 0 Å². The highest BCUT2D eigenvalue weighted by Gasteiger charge is 2.13. The number of esters is 1. The average Bonchev–Trinajstić information content (AvgIpc) is 2.52. The third kappa shape index (κ3) is 5.61. The zero-order valence-electron chi connectivity index (χ0n) is 13.8. The van der Waals surface area contributed by atoms with Crippen molar-refractivity contribution in [1.29, 1.82) is 0 Å². The highest BCUT2D eigenvalue weighted by atomic mass is 35.5. The number of rotatable bonds is 5. The van der Waals surface area contributed by atoms with Crippen molar-refractivity contribution in [3.05, 3.63) is 58.6 Å². The Hall–Kier alpha value is -2.86. The minimum Gasteiger partial charge on any atom is -0.457 e. The lowest BCUT2D eigenvalue weighted by molar-refractivity contribution is -0.115. The Morgan fingerprint density at radius 2 is 1.52 bits per heavy atom. The molecule has 2 rings (SSSR count). The number of hydrogen-bond donors (Lipinski definition) is 2. The molecule has 0 aliphatic carbocycles. The molecule has 2 aromatic carbocycles. The molecule has 2 N–H and O–H groups in total. The Morgan fingerprint density at radius 3 is 2.04 bits per heavy atom. The number of hydrogen-bond acceptors (Lipinski definition) is 4. The first kappa shape index (κ1) is 18.5.